The Bertz CT molecular complexity index is 621. The van der Waals surface area contributed by atoms with E-state index < -0.39 is 4.92 Å². The molecule has 0 bridgehead atoms. The molecule has 106 valence electrons. The van der Waals surface area contributed by atoms with E-state index in [2.05, 4.69) is 15.7 Å². The molecule has 0 aliphatic heterocycles. The molecule has 0 fully saturated rings. The largest absolute Gasteiger partial charge is 0.378 e. The number of carbonyl (C=O) groups is 1. The Kier molecular flexibility index (Phi) is 4.31. The molecule has 0 atom stereocenters. The average molecular weight is 295 g/mol. The van der Waals surface area contributed by atoms with Gasteiger partial charge in [0.15, 0.2) is 0 Å². The predicted molar refractivity (Wildman–Crippen MR) is 74.6 cm³/mol. The normalized spacial score (nSPS) is 10.2. The Morgan fingerprint density at radius 1 is 1.55 bits per heavy atom. The first-order valence-corrected chi connectivity index (χ1v) is 6.60. The Balaban J connectivity index is 1.90. The molecule has 9 heteroatoms. The maximum Gasteiger partial charge on any atom is 0.324 e. The number of thiophene rings is 1. The fourth-order valence-electron chi connectivity index (χ4n) is 1.52. The highest BCUT2D eigenvalue weighted by Gasteiger charge is 2.09. The summed E-state index contributed by atoms with van der Waals surface area (Å²) in [6.07, 6.45) is 3.31. The second kappa shape index (κ2) is 6.15. The first-order valence-electron chi connectivity index (χ1n) is 5.78. The van der Waals surface area contributed by atoms with E-state index >= 15 is 0 Å². The van der Waals surface area contributed by atoms with E-state index in [-0.39, 0.29) is 17.5 Å². The first-order chi connectivity index (χ1) is 9.58. The molecule has 0 saturated heterocycles. The van der Waals surface area contributed by atoms with Crippen molar-refractivity contribution in [2.75, 3.05) is 12.4 Å². The van der Waals surface area contributed by atoms with Crippen LogP contribution < -0.4 is 10.6 Å². The van der Waals surface area contributed by atoms with Crippen LogP contribution in [0.4, 0.5) is 10.7 Å². The maximum atomic E-state index is 11.2. The zero-order valence-corrected chi connectivity index (χ0v) is 11.5. The molecular formula is C11H13N5O3S. The van der Waals surface area contributed by atoms with Gasteiger partial charge in [-0.05, 0) is 6.07 Å². The summed E-state index contributed by atoms with van der Waals surface area (Å²) in [6.45, 7) is 0.632. The zero-order valence-electron chi connectivity index (χ0n) is 10.7. The van der Waals surface area contributed by atoms with Crippen LogP contribution in [0.25, 0.3) is 0 Å². The molecule has 2 heterocycles. The lowest BCUT2D eigenvalue weighted by atomic mass is 10.4. The molecule has 1 amide bonds. The van der Waals surface area contributed by atoms with E-state index in [1.165, 1.54) is 10.7 Å². The number of likely N-dealkylation sites (N-methyl/N-ethyl adjacent to an activating group) is 1. The van der Waals surface area contributed by atoms with Crippen LogP contribution in [-0.4, -0.2) is 27.7 Å². The summed E-state index contributed by atoms with van der Waals surface area (Å²) in [4.78, 5) is 22.2. The van der Waals surface area contributed by atoms with Crippen LogP contribution in [0.15, 0.2) is 24.5 Å². The Hall–Kier alpha value is -2.42. The van der Waals surface area contributed by atoms with Crippen molar-refractivity contribution in [1.29, 1.82) is 0 Å². The fraction of sp³-hybridized carbons (Fsp3) is 0.273. The van der Waals surface area contributed by atoms with Gasteiger partial charge in [-0.1, -0.05) is 11.3 Å². The number of hydrogen-bond acceptors (Lipinski definition) is 6. The lowest BCUT2D eigenvalue weighted by Gasteiger charge is -2.00. The molecule has 0 spiro atoms. The van der Waals surface area contributed by atoms with Gasteiger partial charge in [-0.3, -0.25) is 19.6 Å². The fourth-order valence-corrected chi connectivity index (χ4v) is 2.28. The van der Waals surface area contributed by atoms with E-state index in [1.807, 2.05) is 0 Å². The molecule has 2 aromatic rings. The second-order valence-corrected chi connectivity index (χ2v) is 5.10. The van der Waals surface area contributed by atoms with Crippen LogP contribution in [0.5, 0.6) is 0 Å². The second-order valence-electron chi connectivity index (χ2n) is 3.95. The van der Waals surface area contributed by atoms with Crippen LogP contribution in [-0.2, 0) is 17.9 Å². The van der Waals surface area contributed by atoms with Crippen molar-refractivity contribution in [3.8, 4) is 0 Å². The number of amides is 1. The minimum atomic E-state index is -0.407. The third kappa shape index (κ3) is 3.54. The van der Waals surface area contributed by atoms with Gasteiger partial charge >= 0.3 is 5.00 Å². The van der Waals surface area contributed by atoms with Gasteiger partial charge in [0.2, 0.25) is 5.91 Å². The topological polar surface area (TPSA) is 102 Å². The summed E-state index contributed by atoms with van der Waals surface area (Å²) < 4.78 is 1.51. The Morgan fingerprint density at radius 3 is 3.00 bits per heavy atom. The number of rotatable bonds is 6. The van der Waals surface area contributed by atoms with Crippen LogP contribution in [0, 0.1) is 10.1 Å². The van der Waals surface area contributed by atoms with E-state index in [0.29, 0.717) is 6.54 Å². The molecule has 20 heavy (non-hydrogen) atoms. The summed E-state index contributed by atoms with van der Waals surface area (Å²) in [7, 11) is 1.56. The highest BCUT2D eigenvalue weighted by Crippen LogP contribution is 2.24. The summed E-state index contributed by atoms with van der Waals surface area (Å²) in [5.41, 5.74) is 0.755. The van der Waals surface area contributed by atoms with Gasteiger partial charge in [-0.15, -0.1) is 0 Å². The number of nitrogens with zero attached hydrogens (tertiary/aromatic N) is 3. The van der Waals surface area contributed by atoms with Crippen molar-refractivity contribution in [3.05, 3.63) is 39.5 Å². The number of aromatic nitrogens is 2. The molecule has 0 aliphatic carbocycles. The van der Waals surface area contributed by atoms with Crippen molar-refractivity contribution < 1.29 is 9.72 Å². The number of nitrogens with one attached hydrogen (secondary N) is 2. The van der Waals surface area contributed by atoms with E-state index in [1.54, 1.807) is 25.5 Å². The van der Waals surface area contributed by atoms with Crippen molar-refractivity contribution in [2.24, 2.45) is 0 Å². The van der Waals surface area contributed by atoms with Crippen LogP contribution >= 0.6 is 11.3 Å². The van der Waals surface area contributed by atoms with Gasteiger partial charge in [-0.25, -0.2) is 0 Å². The third-order valence-electron chi connectivity index (χ3n) is 2.51. The monoisotopic (exact) mass is 295 g/mol. The highest BCUT2D eigenvalue weighted by molar-refractivity contribution is 7.15. The van der Waals surface area contributed by atoms with Gasteiger partial charge in [0.05, 0.1) is 16.8 Å². The smallest absolute Gasteiger partial charge is 0.324 e. The quantitative estimate of drug-likeness (QED) is 0.616. The molecule has 2 N–H and O–H groups in total. The Labute approximate surface area is 118 Å². The molecular weight excluding hydrogens is 282 g/mol. The van der Waals surface area contributed by atoms with Crippen molar-refractivity contribution in [1.82, 2.24) is 15.1 Å². The van der Waals surface area contributed by atoms with Gasteiger partial charge in [0, 0.05) is 30.7 Å². The number of nitro groups is 1. The van der Waals surface area contributed by atoms with Gasteiger partial charge in [-0.2, -0.15) is 5.10 Å². The summed E-state index contributed by atoms with van der Waals surface area (Å²) in [5.74, 6) is -0.131. The van der Waals surface area contributed by atoms with E-state index in [0.717, 1.165) is 21.9 Å². The molecule has 0 unspecified atom stereocenters. The van der Waals surface area contributed by atoms with Gasteiger partial charge in [0.25, 0.3) is 0 Å². The number of carbonyl (C=O) groups excluding carboxylic acids is 1. The van der Waals surface area contributed by atoms with Gasteiger partial charge in [0.1, 0.15) is 6.54 Å². The molecule has 0 aliphatic rings. The van der Waals surface area contributed by atoms with Crippen molar-refractivity contribution in [3.63, 3.8) is 0 Å². The van der Waals surface area contributed by atoms with Crippen molar-refractivity contribution in [2.45, 2.75) is 13.1 Å². The Morgan fingerprint density at radius 2 is 2.35 bits per heavy atom. The van der Waals surface area contributed by atoms with E-state index in [4.69, 9.17) is 0 Å². The molecule has 0 saturated carbocycles. The first kappa shape index (κ1) is 14.0. The SMILES string of the molecule is CNC(=O)Cn1cc(NCc2ccc([N+](=O)[O-])s2)cn1. The van der Waals surface area contributed by atoms with Crippen LogP contribution in [0.1, 0.15) is 4.88 Å². The van der Waals surface area contributed by atoms with Crippen LogP contribution in [0.2, 0.25) is 0 Å². The third-order valence-corrected chi connectivity index (χ3v) is 3.55. The summed E-state index contributed by atoms with van der Waals surface area (Å²) >= 11 is 1.13. The minimum absolute atomic E-state index is 0.122. The minimum Gasteiger partial charge on any atom is -0.378 e. The standard InChI is InChI=1S/C11H13N5O3S/c1-12-10(17)7-15-6-8(4-14-15)13-5-9-2-3-11(20-9)16(18)19/h2-4,6,13H,5,7H2,1H3,(H,12,17). The van der Waals surface area contributed by atoms with Crippen molar-refractivity contribution >= 4 is 27.9 Å². The molecule has 0 aromatic carbocycles. The lowest BCUT2D eigenvalue weighted by molar-refractivity contribution is -0.380. The average Bonchev–Trinajstić information content (AvgIpc) is 3.05. The van der Waals surface area contributed by atoms with E-state index in [9.17, 15) is 14.9 Å². The summed E-state index contributed by atoms with van der Waals surface area (Å²) in [5, 5.41) is 20.3. The van der Waals surface area contributed by atoms with Crippen LogP contribution in [0.3, 0.4) is 0 Å². The lowest BCUT2D eigenvalue weighted by Crippen LogP contribution is -2.23. The molecule has 0 radical (unpaired) electrons. The van der Waals surface area contributed by atoms with Gasteiger partial charge < -0.3 is 10.6 Å². The maximum absolute atomic E-state index is 11.2. The zero-order chi connectivity index (χ0) is 14.5. The molecule has 8 nitrogen and oxygen atoms in total. The highest BCUT2D eigenvalue weighted by atomic mass is 32.1. The summed E-state index contributed by atoms with van der Waals surface area (Å²) in [6, 6.07) is 3.20. The molecule has 2 rings (SSSR count). The number of hydrogen-bond donors (Lipinski definition) is 2. The number of anilines is 1. The predicted octanol–water partition coefficient (Wildman–Crippen LogP) is 1.21. The molecule has 2 aromatic heterocycles.